The number of para-hydroxylation sites is 3. The molecule has 4 heterocycles. The van der Waals surface area contributed by atoms with Gasteiger partial charge in [0.15, 0.2) is 0 Å². The molecule has 0 radical (unpaired) electrons. The molecule has 0 unspecified atom stereocenters. The van der Waals surface area contributed by atoms with Crippen molar-refractivity contribution >= 4 is 75.3 Å². The molecule has 0 saturated carbocycles. The minimum Gasteiger partial charge on any atom is -0.309 e. The van der Waals surface area contributed by atoms with Crippen LogP contribution in [0.3, 0.4) is 0 Å². The van der Waals surface area contributed by atoms with Crippen LogP contribution in [0.5, 0.6) is 0 Å². The van der Waals surface area contributed by atoms with Gasteiger partial charge in [0.25, 0.3) is 0 Å². The number of hydrogen-bond donors (Lipinski definition) is 0. The SMILES string of the molecule is c1ccc(-n2c3ccccc3c3c4c5cncnc5sc4c4c(c5ccccc5n4-c4ccc5c(c4)C4(c6ccccc6-c6ccccc64)c4ccccc4-5)c32)cc1. The van der Waals surface area contributed by atoms with Gasteiger partial charge in [0.05, 0.1) is 32.2 Å². The van der Waals surface area contributed by atoms with Gasteiger partial charge in [0, 0.05) is 49.9 Å². The first kappa shape index (κ1) is 30.8. The van der Waals surface area contributed by atoms with Crippen molar-refractivity contribution in [3.63, 3.8) is 0 Å². The molecule has 4 aromatic heterocycles. The molecule has 5 heteroatoms. The molecule has 8 aromatic carbocycles. The molecule has 268 valence electrons. The lowest BCUT2D eigenvalue weighted by molar-refractivity contribution is 0.792. The quantitative estimate of drug-likeness (QED) is 0.176. The number of rotatable bonds is 2. The molecule has 4 nitrogen and oxygen atoms in total. The van der Waals surface area contributed by atoms with Gasteiger partial charge in [0.2, 0.25) is 0 Å². The zero-order chi connectivity index (χ0) is 37.7. The van der Waals surface area contributed by atoms with Gasteiger partial charge in [0.1, 0.15) is 11.2 Å². The minimum absolute atomic E-state index is 0.441. The summed E-state index contributed by atoms with van der Waals surface area (Å²) in [5, 5.41) is 7.24. The lowest BCUT2D eigenvalue weighted by Gasteiger charge is -2.30. The van der Waals surface area contributed by atoms with Crippen molar-refractivity contribution in [2.24, 2.45) is 0 Å². The molecule has 58 heavy (non-hydrogen) atoms. The van der Waals surface area contributed by atoms with E-state index in [4.69, 9.17) is 4.98 Å². The fourth-order valence-electron chi connectivity index (χ4n) is 11.0. The predicted octanol–water partition coefficient (Wildman–Crippen LogP) is 13.4. The van der Waals surface area contributed by atoms with Crippen LogP contribution in [0.25, 0.3) is 97.5 Å². The van der Waals surface area contributed by atoms with Crippen LogP contribution >= 0.6 is 11.3 Å². The Morgan fingerprint density at radius 2 is 0.983 bits per heavy atom. The van der Waals surface area contributed by atoms with Crippen molar-refractivity contribution in [3.8, 4) is 33.6 Å². The van der Waals surface area contributed by atoms with Crippen LogP contribution in [0.15, 0.2) is 182 Å². The Morgan fingerprint density at radius 3 is 1.66 bits per heavy atom. The Bertz CT molecular complexity index is 3690. The topological polar surface area (TPSA) is 35.6 Å². The number of fused-ring (bicyclic) bond motifs is 22. The van der Waals surface area contributed by atoms with Crippen molar-refractivity contribution in [2.45, 2.75) is 5.41 Å². The first-order chi connectivity index (χ1) is 28.8. The number of nitrogens with zero attached hydrogens (tertiary/aromatic N) is 4. The second-order valence-electron chi connectivity index (χ2n) is 15.7. The van der Waals surface area contributed by atoms with Gasteiger partial charge in [-0.1, -0.05) is 133 Å². The van der Waals surface area contributed by atoms with E-state index in [-0.39, 0.29) is 0 Å². The summed E-state index contributed by atoms with van der Waals surface area (Å²) in [6, 6.07) is 63.1. The van der Waals surface area contributed by atoms with Crippen LogP contribution < -0.4 is 0 Å². The van der Waals surface area contributed by atoms with Crippen molar-refractivity contribution in [1.29, 1.82) is 0 Å². The molecule has 2 aliphatic carbocycles. The molecule has 0 N–H and O–H groups in total. The van der Waals surface area contributed by atoms with Crippen LogP contribution in [0.4, 0.5) is 0 Å². The highest BCUT2D eigenvalue weighted by Gasteiger charge is 2.51. The van der Waals surface area contributed by atoms with E-state index in [1.165, 1.54) is 98.2 Å². The standard InChI is InChI=1S/C53H30N4S/c1-2-14-31(15-3-1)56-44-24-12-7-19-37(44)46-47-39-29-54-30-55-52(39)58-51(47)50-48(49(46)56)38-20-8-13-25-45(38)57(50)32-26-27-36-35-18-6-11-23-42(35)53(43(36)28-32)40-21-9-4-16-33(40)34-17-5-10-22-41(34)53/h1-30H. The van der Waals surface area contributed by atoms with Crippen LogP contribution in [-0.4, -0.2) is 19.1 Å². The Balaban J connectivity index is 1.19. The highest BCUT2D eigenvalue weighted by Crippen LogP contribution is 2.63. The van der Waals surface area contributed by atoms with Gasteiger partial charge in [-0.25, -0.2) is 9.97 Å². The lowest BCUT2D eigenvalue weighted by atomic mass is 9.70. The molecule has 0 aliphatic heterocycles. The average molecular weight is 755 g/mol. The van der Waals surface area contributed by atoms with Gasteiger partial charge in [-0.15, -0.1) is 11.3 Å². The number of thiophene rings is 1. The van der Waals surface area contributed by atoms with Crippen molar-refractivity contribution in [1.82, 2.24) is 19.1 Å². The first-order valence-electron chi connectivity index (χ1n) is 19.8. The first-order valence-corrected chi connectivity index (χ1v) is 20.6. The van der Waals surface area contributed by atoms with Crippen LogP contribution in [-0.2, 0) is 5.41 Å². The second kappa shape index (κ2) is 10.9. The minimum atomic E-state index is -0.441. The molecule has 0 saturated heterocycles. The van der Waals surface area contributed by atoms with E-state index >= 15 is 0 Å². The van der Waals surface area contributed by atoms with Crippen LogP contribution in [0, 0.1) is 0 Å². The Kier molecular flexibility index (Phi) is 5.82. The fourth-order valence-corrected chi connectivity index (χ4v) is 12.2. The van der Waals surface area contributed by atoms with E-state index in [0.717, 1.165) is 21.6 Å². The average Bonchev–Trinajstić information content (AvgIpc) is 4.07. The molecule has 0 bridgehead atoms. The molecule has 14 rings (SSSR count). The molecule has 0 amide bonds. The van der Waals surface area contributed by atoms with Crippen molar-refractivity contribution in [2.75, 3.05) is 0 Å². The molecular weight excluding hydrogens is 725 g/mol. The molecule has 0 atom stereocenters. The summed E-state index contributed by atoms with van der Waals surface area (Å²) in [6.07, 6.45) is 3.70. The van der Waals surface area contributed by atoms with E-state index < -0.39 is 5.41 Å². The Hall–Kier alpha value is -7.34. The van der Waals surface area contributed by atoms with E-state index in [9.17, 15) is 0 Å². The highest BCUT2D eigenvalue weighted by molar-refractivity contribution is 7.26. The summed E-state index contributed by atoms with van der Waals surface area (Å²) in [4.78, 5) is 10.5. The van der Waals surface area contributed by atoms with Crippen LogP contribution in [0.2, 0.25) is 0 Å². The third kappa shape index (κ3) is 3.58. The third-order valence-electron chi connectivity index (χ3n) is 13.1. The van der Waals surface area contributed by atoms with E-state index in [1.807, 2.05) is 6.20 Å². The molecule has 2 aliphatic rings. The van der Waals surface area contributed by atoms with Crippen molar-refractivity contribution in [3.05, 3.63) is 205 Å². The molecule has 12 aromatic rings. The Labute approximate surface area is 336 Å². The normalized spacial score (nSPS) is 13.7. The third-order valence-corrected chi connectivity index (χ3v) is 14.2. The fraction of sp³-hybridized carbons (Fsp3) is 0.0189. The van der Waals surface area contributed by atoms with Gasteiger partial charge in [-0.05, 0) is 80.9 Å². The summed E-state index contributed by atoms with van der Waals surface area (Å²) in [5.41, 5.74) is 17.2. The number of benzene rings is 8. The van der Waals surface area contributed by atoms with Gasteiger partial charge in [-0.2, -0.15) is 0 Å². The molecular formula is C53H30N4S. The second-order valence-corrected chi connectivity index (χ2v) is 16.7. The monoisotopic (exact) mass is 754 g/mol. The van der Waals surface area contributed by atoms with E-state index in [0.29, 0.717) is 0 Å². The zero-order valence-electron chi connectivity index (χ0n) is 31.0. The summed E-state index contributed by atoms with van der Waals surface area (Å²) in [7, 11) is 0. The summed E-state index contributed by atoms with van der Waals surface area (Å²) in [5.74, 6) is 0. The smallest absolute Gasteiger partial charge is 0.127 e. The summed E-state index contributed by atoms with van der Waals surface area (Å²) >= 11 is 1.78. The zero-order valence-corrected chi connectivity index (χ0v) is 31.8. The molecule has 1 spiro atoms. The van der Waals surface area contributed by atoms with Crippen LogP contribution in [0.1, 0.15) is 22.3 Å². The molecule has 0 fully saturated rings. The van der Waals surface area contributed by atoms with Crippen molar-refractivity contribution < 1.29 is 0 Å². The summed E-state index contributed by atoms with van der Waals surface area (Å²) in [6.45, 7) is 0. The van der Waals surface area contributed by atoms with Gasteiger partial charge >= 0.3 is 0 Å². The van der Waals surface area contributed by atoms with E-state index in [1.54, 1.807) is 17.7 Å². The lowest BCUT2D eigenvalue weighted by Crippen LogP contribution is -2.26. The largest absolute Gasteiger partial charge is 0.309 e. The highest BCUT2D eigenvalue weighted by atomic mass is 32.1. The maximum absolute atomic E-state index is 4.89. The predicted molar refractivity (Wildman–Crippen MR) is 240 cm³/mol. The maximum Gasteiger partial charge on any atom is 0.127 e. The maximum atomic E-state index is 4.89. The summed E-state index contributed by atoms with van der Waals surface area (Å²) < 4.78 is 6.25. The van der Waals surface area contributed by atoms with E-state index in [2.05, 4.69) is 184 Å². The number of aromatic nitrogens is 4. The van der Waals surface area contributed by atoms with Gasteiger partial charge < -0.3 is 9.13 Å². The Morgan fingerprint density at radius 1 is 0.431 bits per heavy atom. The number of hydrogen-bond acceptors (Lipinski definition) is 3. The van der Waals surface area contributed by atoms with Gasteiger partial charge in [-0.3, -0.25) is 0 Å².